The number of nitrogens with zero attached hydrogens (tertiary/aromatic N) is 2. The average molecular weight is 474 g/mol. The first-order valence-electron chi connectivity index (χ1n) is 8.78. The SMILES string of the molecule is Cc1nn(-c2ccccc2)c2sc(C(=O)NCCOC(=O)c3ccc(Br)o3)cc12. The Morgan fingerprint density at radius 1 is 1.24 bits per heavy atom. The minimum atomic E-state index is -0.578. The number of ether oxygens (including phenoxy) is 1. The standard InChI is InChI=1S/C20H16BrN3O4S/c1-12-14-11-16(29-19(14)24(23-12)13-5-3-2-4-6-13)18(25)22-9-10-27-20(26)15-7-8-17(21)28-15/h2-8,11H,9-10H2,1H3,(H,22,25). The second kappa shape index (κ2) is 8.22. The number of thiophene rings is 1. The molecule has 1 N–H and O–H groups in total. The molecule has 7 nitrogen and oxygen atoms in total. The molecule has 0 unspecified atom stereocenters. The van der Waals surface area contributed by atoms with Crippen molar-refractivity contribution in [3.63, 3.8) is 0 Å². The van der Waals surface area contributed by atoms with Gasteiger partial charge in [0.2, 0.25) is 5.76 Å². The van der Waals surface area contributed by atoms with E-state index in [4.69, 9.17) is 9.15 Å². The highest BCUT2D eigenvalue weighted by molar-refractivity contribution is 9.10. The van der Waals surface area contributed by atoms with Gasteiger partial charge in [-0.3, -0.25) is 4.79 Å². The predicted octanol–water partition coefficient (Wildman–Crippen LogP) is 4.34. The van der Waals surface area contributed by atoms with Crippen LogP contribution >= 0.6 is 27.3 Å². The zero-order chi connectivity index (χ0) is 20.4. The Kier molecular flexibility index (Phi) is 5.50. The third kappa shape index (κ3) is 4.10. The fourth-order valence-electron chi connectivity index (χ4n) is 2.79. The Morgan fingerprint density at radius 2 is 2.03 bits per heavy atom. The van der Waals surface area contributed by atoms with Crippen LogP contribution in [0.5, 0.6) is 0 Å². The van der Waals surface area contributed by atoms with Crippen molar-refractivity contribution in [2.24, 2.45) is 0 Å². The van der Waals surface area contributed by atoms with Crippen LogP contribution in [0.1, 0.15) is 25.9 Å². The molecular formula is C20H16BrN3O4S. The van der Waals surface area contributed by atoms with Crippen LogP contribution in [0.3, 0.4) is 0 Å². The van der Waals surface area contributed by atoms with Gasteiger partial charge in [-0.15, -0.1) is 11.3 Å². The zero-order valence-corrected chi connectivity index (χ0v) is 17.7. The van der Waals surface area contributed by atoms with Gasteiger partial charge in [-0.05, 0) is 53.2 Å². The van der Waals surface area contributed by atoms with Crippen molar-refractivity contribution in [1.29, 1.82) is 0 Å². The zero-order valence-electron chi connectivity index (χ0n) is 15.3. The minimum Gasteiger partial charge on any atom is -0.458 e. The van der Waals surface area contributed by atoms with E-state index < -0.39 is 5.97 Å². The fraction of sp³-hybridized carbons (Fsp3) is 0.150. The maximum absolute atomic E-state index is 12.5. The summed E-state index contributed by atoms with van der Waals surface area (Å²) in [6, 6.07) is 14.7. The molecular weight excluding hydrogens is 458 g/mol. The molecule has 0 aliphatic heterocycles. The first-order valence-corrected chi connectivity index (χ1v) is 10.4. The summed E-state index contributed by atoms with van der Waals surface area (Å²) in [5.41, 5.74) is 1.80. The van der Waals surface area contributed by atoms with Crippen LogP contribution in [-0.4, -0.2) is 34.8 Å². The first kappa shape index (κ1) is 19.4. The van der Waals surface area contributed by atoms with Crippen molar-refractivity contribution in [2.75, 3.05) is 13.2 Å². The van der Waals surface area contributed by atoms with Crippen LogP contribution in [0.25, 0.3) is 15.9 Å². The molecule has 3 aromatic heterocycles. The van der Waals surface area contributed by atoms with Crippen molar-refractivity contribution >= 4 is 49.4 Å². The maximum Gasteiger partial charge on any atom is 0.374 e. The van der Waals surface area contributed by atoms with Crippen LogP contribution in [0.15, 0.2) is 57.6 Å². The van der Waals surface area contributed by atoms with E-state index in [-0.39, 0.29) is 24.8 Å². The van der Waals surface area contributed by atoms with Crippen LogP contribution in [0.2, 0.25) is 0 Å². The molecule has 3 heterocycles. The summed E-state index contributed by atoms with van der Waals surface area (Å²) in [5.74, 6) is -0.693. The fourth-order valence-corrected chi connectivity index (χ4v) is 4.20. The van der Waals surface area contributed by atoms with Gasteiger partial charge in [0.25, 0.3) is 5.91 Å². The molecule has 1 amide bonds. The normalized spacial score (nSPS) is 11.0. The Balaban J connectivity index is 1.39. The summed E-state index contributed by atoms with van der Waals surface area (Å²) in [6.07, 6.45) is 0. The summed E-state index contributed by atoms with van der Waals surface area (Å²) < 4.78 is 12.5. The van der Waals surface area contributed by atoms with Crippen molar-refractivity contribution in [1.82, 2.24) is 15.1 Å². The molecule has 0 atom stereocenters. The number of halogens is 1. The van der Waals surface area contributed by atoms with Gasteiger partial charge in [0.1, 0.15) is 11.4 Å². The molecule has 4 rings (SSSR count). The lowest BCUT2D eigenvalue weighted by Crippen LogP contribution is -2.27. The summed E-state index contributed by atoms with van der Waals surface area (Å²) in [4.78, 5) is 25.8. The number of carbonyl (C=O) groups is 2. The van der Waals surface area contributed by atoms with Crippen LogP contribution < -0.4 is 5.32 Å². The van der Waals surface area contributed by atoms with Crippen molar-refractivity contribution in [3.05, 3.63) is 69.5 Å². The van der Waals surface area contributed by atoms with Gasteiger partial charge in [-0.1, -0.05) is 18.2 Å². The predicted molar refractivity (Wildman–Crippen MR) is 113 cm³/mol. The number of aromatic nitrogens is 2. The number of rotatable bonds is 6. The topological polar surface area (TPSA) is 86.4 Å². The lowest BCUT2D eigenvalue weighted by molar-refractivity contribution is 0.0466. The van der Waals surface area contributed by atoms with Gasteiger partial charge in [0.05, 0.1) is 22.8 Å². The molecule has 4 aromatic rings. The van der Waals surface area contributed by atoms with E-state index in [1.165, 1.54) is 17.4 Å². The highest BCUT2D eigenvalue weighted by Crippen LogP contribution is 2.30. The molecule has 0 fully saturated rings. The number of hydrogen-bond donors (Lipinski definition) is 1. The number of carbonyl (C=O) groups excluding carboxylic acids is 2. The molecule has 9 heteroatoms. The summed E-state index contributed by atoms with van der Waals surface area (Å²) in [6.45, 7) is 2.16. The van der Waals surface area contributed by atoms with Gasteiger partial charge in [-0.2, -0.15) is 5.10 Å². The van der Waals surface area contributed by atoms with Gasteiger partial charge < -0.3 is 14.5 Å². The van der Waals surface area contributed by atoms with E-state index in [1.54, 1.807) is 6.07 Å². The number of nitrogens with one attached hydrogen (secondary N) is 1. The molecule has 0 radical (unpaired) electrons. The van der Waals surface area contributed by atoms with Crippen LogP contribution in [-0.2, 0) is 4.74 Å². The molecule has 0 spiro atoms. The average Bonchev–Trinajstić information content (AvgIpc) is 3.42. The van der Waals surface area contributed by atoms with Crippen molar-refractivity contribution < 1.29 is 18.7 Å². The van der Waals surface area contributed by atoms with Gasteiger partial charge >= 0.3 is 5.97 Å². The van der Waals surface area contributed by atoms with E-state index in [9.17, 15) is 9.59 Å². The van der Waals surface area contributed by atoms with E-state index >= 15 is 0 Å². The number of aryl methyl sites for hydroxylation is 1. The van der Waals surface area contributed by atoms with Gasteiger partial charge in [0, 0.05) is 5.39 Å². The molecule has 29 heavy (non-hydrogen) atoms. The number of furan rings is 1. The minimum absolute atomic E-state index is 0.0462. The van der Waals surface area contributed by atoms with Crippen LogP contribution in [0, 0.1) is 6.92 Å². The Labute approximate surface area is 178 Å². The van der Waals surface area contributed by atoms with E-state index in [0.29, 0.717) is 9.55 Å². The number of para-hydroxylation sites is 1. The molecule has 1 aromatic carbocycles. The molecule has 0 saturated heterocycles. The number of amides is 1. The third-order valence-corrected chi connectivity index (χ3v) is 5.70. The number of esters is 1. The molecule has 0 saturated carbocycles. The largest absolute Gasteiger partial charge is 0.458 e. The Bertz CT molecular complexity index is 1180. The first-order chi connectivity index (χ1) is 14.0. The highest BCUT2D eigenvalue weighted by atomic mass is 79.9. The molecule has 0 aliphatic carbocycles. The second-order valence-electron chi connectivity index (χ2n) is 6.16. The third-order valence-electron chi connectivity index (χ3n) is 4.16. The summed E-state index contributed by atoms with van der Waals surface area (Å²) in [7, 11) is 0. The van der Waals surface area contributed by atoms with Crippen molar-refractivity contribution in [2.45, 2.75) is 6.92 Å². The van der Waals surface area contributed by atoms with Gasteiger partial charge in [-0.25, -0.2) is 9.48 Å². The second-order valence-corrected chi connectivity index (χ2v) is 7.97. The van der Waals surface area contributed by atoms with E-state index in [0.717, 1.165) is 21.6 Å². The van der Waals surface area contributed by atoms with Crippen LogP contribution in [0.4, 0.5) is 0 Å². The molecule has 0 bridgehead atoms. The Hall–Kier alpha value is -2.91. The maximum atomic E-state index is 12.5. The lowest BCUT2D eigenvalue weighted by Gasteiger charge is -2.05. The van der Waals surface area contributed by atoms with Gasteiger partial charge in [0.15, 0.2) is 4.67 Å². The number of hydrogen-bond acceptors (Lipinski definition) is 6. The molecule has 148 valence electrons. The van der Waals surface area contributed by atoms with E-state index in [1.807, 2.05) is 48.0 Å². The number of benzene rings is 1. The summed E-state index contributed by atoms with van der Waals surface area (Å²) >= 11 is 4.50. The smallest absolute Gasteiger partial charge is 0.374 e. The highest BCUT2D eigenvalue weighted by Gasteiger charge is 2.17. The molecule has 0 aliphatic rings. The van der Waals surface area contributed by atoms with E-state index in [2.05, 4.69) is 26.3 Å². The quantitative estimate of drug-likeness (QED) is 0.332. The lowest BCUT2D eigenvalue weighted by atomic mass is 10.3. The monoisotopic (exact) mass is 473 g/mol. The number of fused-ring (bicyclic) bond motifs is 1. The Morgan fingerprint density at radius 3 is 2.76 bits per heavy atom. The van der Waals surface area contributed by atoms with Crippen molar-refractivity contribution in [3.8, 4) is 5.69 Å². The summed E-state index contributed by atoms with van der Waals surface area (Å²) in [5, 5.41) is 8.28.